The monoisotopic (exact) mass is 282 g/mol. The molecule has 1 aromatic carbocycles. The number of fused-ring (bicyclic) bond motifs is 1. The van der Waals surface area contributed by atoms with E-state index in [4.69, 9.17) is 10.5 Å². The Morgan fingerprint density at radius 3 is 2.81 bits per heavy atom. The zero-order valence-electron chi connectivity index (χ0n) is 11.7. The maximum Gasteiger partial charge on any atom is 0.252 e. The number of pyridine rings is 1. The predicted molar refractivity (Wildman–Crippen MR) is 78.2 cm³/mol. The first-order chi connectivity index (χ1) is 10.1. The molecule has 0 radical (unpaired) electrons. The topological polar surface area (TPSA) is 82.5 Å². The molecule has 6 nitrogen and oxygen atoms in total. The van der Waals surface area contributed by atoms with E-state index in [1.165, 1.54) is 13.4 Å². The van der Waals surface area contributed by atoms with Gasteiger partial charge in [0.05, 0.1) is 18.4 Å². The molecule has 0 bridgehead atoms. The lowest BCUT2D eigenvalue weighted by Gasteiger charge is -2.11. The van der Waals surface area contributed by atoms with Crippen LogP contribution in [0.3, 0.4) is 0 Å². The maximum atomic E-state index is 11.7. The molecule has 106 valence electrons. The number of carbonyl (C=O) groups excluding carboxylic acids is 1. The molecular formula is C15H14N4O2. The summed E-state index contributed by atoms with van der Waals surface area (Å²) in [6.07, 6.45) is 1.42. The van der Waals surface area contributed by atoms with Crippen molar-refractivity contribution >= 4 is 11.6 Å². The van der Waals surface area contributed by atoms with Crippen LogP contribution < -0.4 is 10.5 Å². The van der Waals surface area contributed by atoms with Gasteiger partial charge in [0.1, 0.15) is 6.33 Å². The van der Waals surface area contributed by atoms with Gasteiger partial charge in [0.25, 0.3) is 5.91 Å². The minimum absolute atomic E-state index is 0.287. The smallest absolute Gasteiger partial charge is 0.252 e. The highest BCUT2D eigenvalue weighted by molar-refractivity contribution is 5.99. The second-order valence-electron chi connectivity index (χ2n) is 4.71. The van der Waals surface area contributed by atoms with E-state index < -0.39 is 5.91 Å². The fourth-order valence-corrected chi connectivity index (χ4v) is 2.35. The van der Waals surface area contributed by atoms with Crippen LogP contribution in [0.1, 0.15) is 15.9 Å². The number of aromatic nitrogens is 3. The highest BCUT2D eigenvalue weighted by atomic mass is 16.5. The van der Waals surface area contributed by atoms with E-state index in [9.17, 15) is 4.79 Å². The number of ether oxygens (including phenoxy) is 1. The van der Waals surface area contributed by atoms with Crippen LogP contribution in [0.25, 0.3) is 16.9 Å². The molecule has 0 saturated carbocycles. The highest BCUT2D eigenvalue weighted by Gasteiger charge is 2.19. The first-order valence-corrected chi connectivity index (χ1v) is 6.39. The number of hydrogen-bond donors (Lipinski definition) is 1. The molecule has 2 aromatic heterocycles. The van der Waals surface area contributed by atoms with Gasteiger partial charge in [0.15, 0.2) is 11.4 Å². The van der Waals surface area contributed by atoms with Gasteiger partial charge in [-0.25, -0.2) is 9.50 Å². The largest absolute Gasteiger partial charge is 0.492 e. The molecule has 2 N–H and O–H groups in total. The first-order valence-electron chi connectivity index (χ1n) is 6.39. The maximum absolute atomic E-state index is 11.7. The second kappa shape index (κ2) is 4.90. The number of nitrogens with zero attached hydrogens (tertiary/aromatic N) is 3. The van der Waals surface area contributed by atoms with E-state index in [0.717, 1.165) is 16.8 Å². The van der Waals surface area contributed by atoms with Gasteiger partial charge >= 0.3 is 0 Å². The van der Waals surface area contributed by atoms with Crippen LogP contribution in [-0.2, 0) is 0 Å². The number of aryl methyl sites for hydroxylation is 1. The molecule has 0 aliphatic rings. The fraction of sp³-hybridized carbons (Fsp3) is 0.133. The minimum atomic E-state index is -0.564. The average Bonchev–Trinajstić information content (AvgIpc) is 2.94. The molecule has 21 heavy (non-hydrogen) atoms. The molecule has 0 spiro atoms. The summed E-state index contributed by atoms with van der Waals surface area (Å²) in [5.74, 6) is -0.234. The molecule has 0 fully saturated rings. The predicted octanol–water partition coefficient (Wildman–Crippen LogP) is 1.81. The van der Waals surface area contributed by atoms with Crippen LogP contribution in [0.5, 0.6) is 5.75 Å². The van der Waals surface area contributed by atoms with Gasteiger partial charge in [-0.2, -0.15) is 5.10 Å². The van der Waals surface area contributed by atoms with Gasteiger partial charge in [0.2, 0.25) is 0 Å². The summed E-state index contributed by atoms with van der Waals surface area (Å²) in [7, 11) is 1.47. The Bertz CT molecular complexity index is 839. The van der Waals surface area contributed by atoms with Crippen LogP contribution in [0.4, 0.5) is 0 Å². The van der Waals surface area contributed by atoms with Gasteiger partial charge in [-0.1, -0.05) is 23.8 Å². The first kappa shape index (κ1) is 13.1. The van der Waals surface area contributed by atoms with Crippen molar-refractivity contribution in [3.05, 3.63) is 47.8 Å². The van der Waals surface area contributed by atoms with E-state index in [1.54, 1.807) is 10.6 Å². The molecule has 0 atom stereocenters. The molecule has 0 unspecified atom stereocenters. The lowest BCUT2D eigenvalue weighted by atomic mass is 10.1. The number of hydrogen-bond acceptors (Lipinski definition) is 4. The number of primary amides is 1. The van der Waals surface area contributed by atoms with Crippen molar-refractivity contribution in [3.63, 3.8) is 0 Å². The Morgan fingerprint density at radius 2 is 2.14 bits per heavy atom. The van der Waals surface area contributed by atoms with Crippen molar-refractivity contribution in [2.75, 3.05) is 7.11 Å². The summed E-state index contributed by atoms with van der Waals surface area (Å²) in [5.41, 5.74) is 8.97. The van der Waals surface area contributed by atoms with Crippen LogP contribution >= 0.6 is 0 Å². The Morgan fingerprint density at radius 1 is 1.33 bits per heavy atom. The van der Waals surface area contributed by atoms with E-state index >= 15 is 0 Å². The molecule has 0 aliphatic heterocycles. The Hall–Kier alpha value is -2.89. The third kappa shape index (κ3) is 2.10. The summed E-state index contributed by atoms with van der Waals surface area (Å²) in [6.45, 7) is 2.00. The molecule has 0 aliphatic carbocycles. The number of benzene rings is 1. The van der Waals surface area contributed by atoms with Crippen molar-refractivity contribution in [3.8, 4) is 17.0 Å². The minimum Gasteiger partial charge on any atom is -0.492 e. The van der Waals surface area contributed by atoms with E-state index in [1.807, 2.05) is 31.2 Å². The van der Waals surface area contributed by atoms with Gasteiger partial charge < -0.3 is 10.5 Å². The summed E-state index contributed by atoms with van der Waals surface area (Å²) in [5, 5.41) is 4.21. The van der Waals surface area contributed by atoms with Gasteiger partial charge in [-0.3, -0.25) is 4.79 Å². The second-order valence-corrected chi connectivity index (χ2v) is 4.71. The zero-order valence-corrected chi connectivity index (χ0v) is 11.7. The quantitative estimate of drug-likeness (QED) is 0.794. The van der Waals surface area contributed by atoms with Crippen molar-refractivity contribution in [1.82, 2.24) is 14.6 Å². The van der Waals surface area contributed by atoms with Crippen molar-refractivity contribution in [2.24, 2.45) is 5.73 Å². The Kier molecular flexibility index (Phi) is 3.06. The summed E-state index contributed by atoms with van der Waals surface area (Å²) >= 11 is 0. The van der Waals surface area contributed by atoms with Crippen LogP contribution in [0.15, 0.2) is 36.7 Å². The third-order valence-electron chi connectivity index (χ3n) is 3.29. The van der Waals surface area contributed by atoms with Crippen LogP contribution in [0, 0.1) is 6.92 Å². The van der Waals surface area contributed by atoms with E-state index in [0.29, 0.717) is 11.4 Å². The average molecular weight is 282 g/mol. The summed E-state index contributed by atoms with van der Waals surface area (Å²) in [4.78, 5) is 15.8. The standard InChI is InChI=1S/C15H14N4O2/c1-9-4-3-5-10(6-9)12-7-11(14(16)20)13(21-2)15-17-8-18-19(12)15/h3-8H,1-2H3,(H2,16,20). The van der Waals surface area contributed by atoms with Gasteiger partial charge in [-0.05, 0) is 19.1 Å². The highest BCUT2D eigenvalue weighted by Crippen LogP contribution is 2.30. The number of nitrogens with two attached hydrogens (primary N) is 1. The summed E-state index contributed by atoms with van der Waals surface area (Å²) < 4.78 is 6.91. The Balaban J connectivity index is 2.38. The molecule has 3 rings (SSSR count). The normalized spacial score (nSPS) is 10.8. The molecule has 3 aromatic rings. The van der Waals surface area contributed by atoms with E-state index in [2.05, 4.69) is 10.1 Å². The number of carbonyl (C=O) groups is 1. The molecule has 6 heteroatoms. The van der Waals surface area contributed by atoms with Crippen molar-refractivity contribution in [1.29, 1.82) is 0 Å². The van der Waals surface area contributed by atoms with Gasteiger partial charge in [-0.15, -0.1) is 0 Å². The molecule has 1 amide bonds. The zero-order chi connectivity index (χ0) is 15.0. The summed E-state index contributed by atoms with van der Waals surface area (Å²) in [6, 6.07) is 9.58. The lowest BCUT2D eigenvalue weighted by Crippen LogP contribution is -2.14. The lowest BCUT2D eigenvalue weighted by molar-refractivity contribution is 0.0997. The van der Waals surface area contributed by atoms with Crippen LogP contribution in [-0.4, -0.2) is 27.6 Å². The number of methoxy groups -OCH3 is 1. The number of rotatable bonds is 3. The molecule has 0 saturated heterocycles. The van der Waals surface area contributed by atoms with E-state index in [-0.39, 0.29) is 5.56 Å². The third-order valence-corrected chi connectivity index (χ3v) is 3.29. The fourth-order valence-electron chi connectivity index (χ4n) is 2.35. The molecule has 2 heterocycles. The van der Waals surface area contributed by atoms with Crippen LogP contribution in [0.2, 0.25) is 0 Å². The molecular weight excluding hydrogens is 268 g/mol. The number of amides is 1. The van der Waals surface area contributed by atoms with Gasteiger partial charge in [0, 0.05) is 5.56 Å². The van der Waals surface area contributed by atoms with Crippen molar-refractivity contribution < 1.29 is 9.53 Å². The van der Waals surface area contributed by atoms with Crippen molar-refractivity contribution in [2.45, 2.75) is 6.92 Å². The SMILES string of the molecule is COc1c(C(N)=O)cc(-c2cccc(C)c2)n2ncnc12. The Labute approximate surface area is 121 Å².